The summed E-state index contributed by atoms with van der Waals surface area (Å²) in [5.74, 6) is 0. The van der Waals surface area contributed by atoms with Crippen LogP contribution in [0.15, 0.2) is 18.5 Å². The van der Waals surface area contributed by atoms with Crippen LogP contribution in [0.1, 0.15) is 19.3 Å². The van der Waals surface area contributed by atoms with Crippen molar-refractivity contribution in [3.63, 3.8) is 0 Å². The van der Waals surface area contributed by atoms with Crippen molar-refractivity contribution in [1.29, 1.82) is 0 Å². The molecule has 0 spiro atoms. The van der Waals surface area contributed by atoms with Crippen LogP contribution in [-0.2, 0) is 0 Å². The number of likely N-dealkylation sites (N-methyl/N-ethyl adjacent to an activating group) is 2. The minimum atomic E-state index is 0.333. The summed E-state index contributed by atoms with van der Waals surface area (Å²) in [4.78, 5) is 8.75. The zero-order chi connectivity index (χ0) is 12.5. The van der Waals surface area contributed by atoms with Gasteiger partial charge >= 0.3 is 0 Å². The predicted molar refractivity (Wildman–Crippen MR) is 72.2 cm³/mol. The fraction of sp³-hybridized carbons (Fsp3) is 0.615. The van der Waals surface area contributed by atoms with E-state index >= 15 is 0 Å². The molecule has 2 rings (SSSR count). The van der Waals surface area contributed by atoms with Gasteiger partial charge in [-0.15, -0.1) is 0 Å². The van der Waals surface area contributed by atoms with E-state index in [1.807, 2.05) is 12.3 Å². The Labute approximate surface area is 103 Å². The van der Waals surface area contributed by atoms with Crippen LogP contribution in [0.2, 0.25) is 0 Å². The molecule has 94 valence electrons. The molecule has 0 amide bonds. The highest BCUT2D eigenvalue weighted by atomic mass is 15.2. The summed E-state index contributed by atoms with van der Waals surface area (Å²) in [7, 11) is 6.45. The minimum Gasteiger partial charge on any atom is -0.397 e. The molecule has 4 nitrogen and oxygen atoms in total. The lowest BCUT2D eigenvalue weighted by Crippen LogP contribution is -2.56. The highest BCUT2D eigenvalue weighted by Gasteiger charge is 2.39. The van der Waals surface area contributed by atoms with E-state index in [0.717, 1.165) is 17.9 Å². The number of pyridine rings is 1. The molecule has 1 aromatic heterocycles. The van der Waals surface area contributed by atoms with Crippen LogP contribution in [0.25, 0.3) is 0 Å². The van der Waals surface area contributed by atoms with Gasteiger partial charge in [0.15, 0.2) is 0 Å². The van der Waals surface area contributed by atoms with Crippen molar-refractivity contribution in [1.82, 2.24) is 9.88 Å². The van der Waals surface area contributed by atoms with E-state index < -0.39 is 0 Å². The van der Waals surface area contributed by atoms with Gasteiger partial charge in [-0.2, -0.15) is 0 Å². The Morgan fingerprint density at radius 2 is 2.00 bits per heavy atom. The van der Waals surface area contributed by atoms with Gasteiger partial charge in [0.25, 0.3) is 0 Å². The largest absolute Gasteiger partial charge is 0.397 e. The molecule has 1 fully saturated rings. The van der Waals surface area contributed by atoms with Gasteiger partial charge in [0.05, 0.1) is 17.6 Å². The summed E-state index contributed by atoms with van der Waals surface area (Å²) in [5, 5.41) is 0. The molecule has 0 aliphatic heterocycles. The summed E-state index contributed by atoms with van der Waals surface area (Å²) in [6.45, 7) is 1.03. The molecule has 1 aliphatic rings. The highest BCUT2D eigenvalue weighted by Crippen LogP contribution is 2.37. The smallest absolute Gasteiger partial charge is 0.0571 e. The fourth-order valence-corrected chi connectivity index (χ4v) is 2.52. The van der Waals surface area contributed by atoms with Crippen LogP contribution in [0, 0.1) is 0 Å². The molecule has 0 saturated heterocycles. The number of nitrogen functional groups attached to an aromatic ring is 1. The molecule has 17 heavy (non-hydrogen) atoms. The van der Waals surface area contributed by atoms with E-state index in [0.29, 0.717) is 5.54 Å². The SMILES string of the molecule is CN(CC1(N(C)C)CCC1)c1cncc(N)c1. The summed E-state index contributed by atoms with van der Waals surface area (Å²) >= 11 is 0. The first-order valence-corrected chi connectivity index (χ1v) is 6.13. The maximum atomic E-state index is 5.77. The average molecular weight is 234 g/mol. The molecule has 0 atom stereocenters. The number of rotatable bonds is 4. The third-order valence-electron chi connectivity index (χ3n) is 3.95. The molecule has 2 N–H and O–H groups in total. The van der Waals surface area contributed by atoms with Crippen molar-refractivity contribution in [3.8, 4) is 0 Å². The van der Waals surface area contributed by atoms with Gasteiger partial charge in [-0.3, -0.25) is 4.98 Å². The third-order valence-corrected chi connectivity index (χ3v) is 3.95. The topological polar surface area (TPSA) is 45.4 Å². The second-order valence-corrected chi connectivity index (χ2v) is 5.30. The monoisotopic (exact) mass is 234 g/mol. The van der Waals surface area contributed by atoms with E-state index in [2.05, 4.69) is 35.9 Å². The van der Waals surface area contributed by atoms with Crippen molar-refractivity contribution in [2.45, 2.75) is 24.8 Å². The van der Waals surface area contributed by atoms with Gasteiger partial charge in [-0.05, 0) is 39.4 Å². The van der Waals surface area contributed by atoms with Gasteiger partial charge in [0.2, 0.25) is 0 Å². The Hall–Kier alpha value is -1.29. The maximum absolute atomic E-state index is 5.77. The van der Waals surface area contributed by atoms with Gasteiger partial charge in [-0.25, -0.2) is 0 Å². The van der Waals surface area contributed by atoms with E-state index in [4.69, 9.17) is 5.73 Å². The van der Waals surface area contributed by atoms with Crippen LogP contribution in [0.5, 0.6) is 0 Å². The van der Waals surface area contributed by atoms with Gasteiger partial charge in [0, 0.05) is 25.3 Å². The van der Waals surface area contributed by atoms with Crippen LogP contribution in [0.3, 0.4) is 0 Å². The quantitative estimate of drug-likeness (QED) is 0.859. The first kappa shape index (κ1) is 12.2. The average Bonchev–Trinajstić information content (AvgIpc) is 2.22. The summed E-state index contributed by atoms with van der Waals surface area (Å²) in [6, 6.07) is 1.98. The van der Waals surface area contributed by atoms with Crippen molar-refractivity contribution in [3.05, 3.63) is 18.5 Å². The second kappa shape index (κ2) is 4.53. The number of nitrogens with two attached hydrogens (primary N) is 1. The molecular weight excluding hydrogens is 212 g/mol. The van der Waals surface area contributed by atoms with Crippen LogP contribution in [-0.4, -0.2) is 43.1 Å². The highest BCUT2D eigenvalue weighted by molar-refractivity contribution is 5.53. The number of aromatic nitrogens is 1. The Kier molecular flexibility index (Phi) is 3.24. The Balaban J connectivity index is 2.08. The Morgan fingerprint density at radius 3 is 2.47 bits per heavy atom. The van der Waals surface area contributed by atoms with Crippen LogP contribution in [0.4, 0.5) is 11.4 Å². The van der Waals surface area contributed by atoms with Gasteiger partial charge in [0.1, 0.15) is 0 Å². The number of hydrogen-bond donors (Lipinski definition) is 1. The predicted octanol–water partition coefficient (Wildman–Crippen LogP) is 1.58. The zero-order valence-corrected chi connectivity index (χ0v) is 11.0. The van der Waals surface area contributed by atoms with E-state index in [-0.39, 0.29) is 0 Å². The van der Waals surface area contributed by atoms with Crippen molar-refractivity contribution >= 4 is 11.4 Å². The molecule has 0 radical (unpaired) electrons. The van der Waals surface area contributed by atoms with Gasteiger partial charge in [-0.1, -0.05) is 0 Å². The number of nitrogens with zero attached hydrogens (tertiary/aromatic N) is 3. The first-order valence-electron chi connectivity index (χ1n) is 6.13. The number of anilines is 2. The van der Waals surface area contributed by atoms with E-state index in [1.165, 1.54) is 19.3 Å². The maximum Gasteiger partial charge on any atom is 0.0571 e. The molecular formula is C13H22N4. The summed E-state index contributed by atoms with van der Waals surface area (Å²) < 4.78 is 0. The molecule has 0 bridgehead atoms. The normalized spacial score (nSPS) is 17.9. The molecule has 1 saturated carbocycles. The number of hydrogen-bond acceptors (Lipinski definition) is 4. The second-order valence-electron chi connectivity index (χ2n) is 5.30. The van der Waals surface area contributed by atoms with Crippen LogP contribution >= 0.6 is 0 Å². The fourth-order valence-electron chi connectivity index (χ4n) is 2.52. The van der Waals surface area contributed by atoms with Crippen LogP contribution < -0.4 is 10.6 Å². The van der Waals surface area contributed by atoms with E-state index in [1.54, 1.807) is 6.20 Å². The lowest BCUT2D eigenvalue weighted by molar-refractivity contribution is 0.0683. The first-order chi connectivity index (χ1) is 8.03. The van der Waals surface area contributed by atoms with E-state index in [9.17, 15) is 0 Å². The molecule has 1 aromatic rings. The minimum absolute atomic E-state index is 0.333. The van der Waals surface area contributed by atoms with Crippen molar-refractivity contribution in [2.75, 3.05) is 38.3 Å². The van der Waals surface area contributed by atoms with Crippen molar-refractivity contribution < 1.29 is 0 Å². The molecule has 4 heteroatoms. The van der Waals surface area contributed by atoms with Gasteiger partial charge < -0.3 is 15.5 Å². The summed E-state index contributed by atoms with van der Waals surface area (Å²) in [6.07, 6.45) is 7.45. The molecule has 0 aromatic carbocycles. The molecule has 1 heterocycles. The summed E-state index contributed by atoms with van der Waals surface area (Å²) in [5.41, 5.74) is 7.92. The Morgan fingerprint density at radius 1 is 1.29 bits per heavy atom. The van der Waals surface area contributed by atoms with Crippen molar-refractivity contribution in [2.24, 2.45) is 0 Å². The lowest BCUT2D eigenvalue weighted by Gasteiger charge is -2.49. The zero-order valence-electron chi connectivity index (χ0n) is 11.0. The molecule has 1 aliphatic carbocycles. The Bertz CT molecular complexity index is 385. The lowest BCUT2D eigenvalue weighted by atomic mass is 9.75. The molecule has 0 unspecified atom stereocenters. The third kappa shape index (κ3) is 2.36. The standard InChI is InChI=1S/C13H22N4/c1-16(2)13(5-4-6-13)10-17(3)12-7-11(14)8-15-9-12/h7-9H,4-6,10,14H2,1-3H3.